The van der Waals surface area contributed by atoms with Crippen LogP contribution in [0, 0.1) is 12.3 Å². The van der Waals surface area contributed by atoms with Crippen LogP contribution in [0.3, 0.4) is 0 Å². The molecule has 0 spiro atoms. The topological polar surface area (TPSA) is 49.3 Å². The summed E-state index contributed by atoms with van der Waals surface area (Å²) in [4.78, 5) is 11.2. The SMILES string of the molecule is C#CCCC(=O)Nc1ccccc1O. The highest BCUT2D eigenvalue weighted by molar-refractivity contribution is 5.92. The fourth-order valence-corrected chi connectivity index (χ4v) is 0.978. The Morgan fingerprint density at radius 3 is 2.86 bits per heavy atom. The number of carbonyl (C=O) groups excluding carboxylic acids is 1. The van der Waals surface area contributed by atoms with Crippen LogP contribution in [0.25, 0.3) is 0 Å². The molecular formula is C11H11NO2. The first kappa shape index (κ1) is 10.1. The number of benzene rings is 1. The van der Waals surface area contributed by atoms with Gasteiger partial charge in [-0.2, -0.15) is 0 Å². The Bertz CT molecular complexity index is 366. The second kappa shape index (κ2) is 4.93. The molecule has 0 aliphatic carbocycles. The first-order chi connectivity index (χ1) is 6.74. The summed E-state index contributed by atoms with van der Waals surface area (Å²) < 4.78 is 0. The molecule has 1 amide bonds. The van der Waals surface area contributed by atoms with Gasteiger partial charge in [0.15, 0.2) is 0 Å². The molecule has 0 radical (unpaired) electrons. The zero-order valence-electron chi connectivity index (χ0n) is 7.66. The number of carbonyl (C=O) groups is 1. The molecule has 3 heteroatoms. The van der Waals surface area contributed by atoms with Crippen LogP contribution in [-0.4, -0.2) is 11.0 Å². The van der Waals surface area contributed by atoms with Crippen LogP contribution < -0.4 is 5.32 Å². The Kier molecular flexibility index (Phi) is 3.57. The summed E-state index contributed by atoms with van der Waals surface area (Å²) in [5.41, 5.74) is 0.412. The average Bonchev–Trinajstić information content (AvgIpc) is 2.18. The minimum Gasteiger partial charge on any atom is -0.506 e. The molecule has 0 aromatic heterocycles. The van der Waals surface area contributed by atoms with Crippen LogP contribution in [0.2, 0.25) is 0 Å². The Hall–Kier alpha value is -1.95. The number of terminal acetylenes is 1. The maximum atomic E-state index is 11.2. The lowest BCUT2D eigenvalue weighted by atomic mass is 10.2. The second-order valence-corrected chi connectivity index (χ2v) is 2.77. The van der Waals surface area contributed by atoms with E-state index in [0.29, 0.717) is 12.1 Å². The number of anilines is 1. The van der Waals surface area contributed by atoms with Gasteiger partial charge in [0.25, 0.3) is 0 Å². The van der Waals surface area contributed by atoms with E-state index in [1.807, 2.05) is 0 Å². The molecule has 0 bridgehead atoms. The predicted octanol–water partition coefficient (Wildman–Crippen LogP) is 1.74. The van der Waals surface area contributed by atoms with Crippen molar-refractivity contribution in [3.63, 3.8) is 0 Å². The van der Waals surface area contributed by atoms with Gasteiger partial charge >= 0.3 is 0 Å². The zero-order chi connectivity index (χ0) is 10.4. The molecule has 0 heterocycles. The van der Waals surface area contributed by atoms with Gasteiger partial charge in [0.1, 0.15) is 5.75 Å². The lowest BCUT2D eigenvalue weighted by molar-refractivity contribution is -0.116. The molecule has 0 aliphatic heterocycles. The molecule has 0 aliphatic rings. The van der Waals surface area contributed by atoms with Crippen LogP contribution in [0.4, 0.5) is 5.69 Å². The Morgan fingerprint density at radius 1 is 1.50 bits per heavy atom. The van der Waals surface area contributed by atoms with Gasteiger partial charge in [0.2, 0.25) is 5.91 Å². The maximum Gasteiger partial charge on any atom is 0.225 e. The number of amides is 1. The van der Waals surface area contributed by atoms with Gasteiger partial charge in [0, 0.05) is 12.8 Å². The van der Waals surface area contributed by atoms with E-state index in [2.05, 4.69) is 11.2 Å². The quantitative estimate of drug-likeness (QED) is 0.562. The van der Waals surface area contributed by atoms with Crippen molar-refractivity contribution in [1.82, 2.24) is 0 Å². The molecule has 0 saturated carbocycles. The third-order valence-corrected chi connectivity index (χ3v) is 1.67. The van der Waals surface area contributed by atoms with Crippen molar-refractivity contribution in [2.75, 3.05) is 5.32 Å². The number of nitrogens with one attached hydrogen (secondary N) is 1. The van der Waals surface area contributed by atoms with Crippen molar-refractivity contribution in [1.29, 1.82) is 0 Å². The van der Waals surface area contributed by atoms with Crippen LogP contribution in [0.5, 0.6) is 5.75 Å². The van der Waals surface area contributed by atoms with Gasteiger partial charge in [-0.3, -0.25) is 4.79 Å². The molecule has 1 aromatic carbocycles. The van der Waals surface area contributed by atoms with Crippen LogP contribution in [0.15, 0.2) is 24.3 Å². The summed E-state index contributed by atoms with van der Waals surface area (Å²) in [6.45, 7) is 0. The molecule has 0 fully saturated rings. The zero-order valence-corrected chi connectivity index (χ0v) is 7.66. The Labute approximate surface area is 82.8 Å². The van der Waals surface area contributed by atoms with E-state index < -0.39 is 0 Å². The third kappa shape index (κ3) is 2.83. The number of rotatable bonds is 3. The number of para-hydroxylation sites is 2. The highest BCUT2D eigenvalue weighted by Gasteiger charge is 2.03. The summed E-state index contributed by atoms with van der Waals surface area (Å²) in [6.07, 6.45) is 5.69. The Balaban J connectivity index is 2.57. The smallest absolute Gasteiger partial charge is 0.225 e. The molecule has 3 nitrogen and oxygen atoms in total. The summed E-state index contributed by atoms with van der Waals surface area (Å²) >= 11 is 0. The van der Waals surface area contributed by atoms with E-state index in [-0.39, 0.29) is 18.1 Å². The Morgan fingerprint density at radius 2 is 2.21 bits per heavy atom. The van der Waals surface area contributed by atoms with Gasteiger partial charge in [-0.1, -0.05) is 12.1 Å². The molecule has 1 rings (SSSR count). The minimum absolute atomic E-state index is 0.0570. The number of phenolic OH excluding ortho intramolecular Hbond substituents is 1. The van der Waals surface area contributed by atoms with Gasteiger partial charge in [-0.15, -0.1) is 12.3 Å². The van der Waals surface area contributed by atoms with E-state index in [4.69, 9.17) is 6.42 Å². The minimum atomic E-state index is -0.190. The number of hydrogen-bond acceptors (Lipinski definition) is 2. The van der Waals surface area contributed by atoms with Crippen molar-refractivity contribution in [2.45, 2.75) is 12.8 Å². The fourth-order valence-electron chi connectivity index (χ4n) is 0.978. The normalized spacial score (nSPS) is 9.07. The molecule has 14 heavy (non-hydrogen) atoms. The summed E-state index contributed by atoms with van der Waals surface area (Å²) in [5, 5.41) is 11.9. The van der Waals surface area contributed by atoms with Gasteiger partial charge < -0.3 is 10.4 Å². The second-order valence-electron chi connectivity index (χ2n) is 2.77. The van der Waals surface area contributed by atoms with E-state index in [1.165, 1.54) is 6.07 Å². The molecule has 0 atom stereocenters. The number of aromatic hydroxyl groups is 1. The maximum absolute atomic E-state index is 11.2. The van der Waals surface area contributed by atoms with Crippen molar-refractivity contribution in [2.24, 2.45) is 0 Å². The lowest BCUT2D eigenvalue weighted by Gasteiger charge is -2.05. The average molecular weight is 189 g/mol. The molecular weight excluding hydrogens is 178 g/mol. The summed E-state index contributed by atoms with van der Waals surface area (Å²) in [5.74, 6) is 2.24. The standard InChI is InChI=1S/C11H11NO2/c1-2-3-8-11(14)12-9-6-4-5-7-10(9)13/h1,4-7,13H,3,8H2,(H,12,14). The van der Waals surface area contributed by atoms with E-state index in [9.17, 15) is 9.90 Å². The molecule has 0 unspecified atom stereocenters. The largest absolute Gasteiger partial charge is 0.506 e. The summed E-state index contributed by atoms with van der Waals surface area (Å²) in [7, 11) is 0. The van der Waals surface area contributed by atoms with E-state index in [0.717, 1.165) is 0 Å². The van der Waals surface area contributed by atoms with Crippen molar-refractivity contribution in [3.8, 4) is 18.1 Å². The molecule has 72 valence electrons. The van der Waals surface area contributed by atoms with E-state index >= 15 is 0 Å². The number of phenols is 1. The highest BCUT2D eigenvalue weighted by Crippen LogP contribution is 2.21. The fraction of sp³-hybridized carbons (Fsp3) is 0.182. The van der Waals surface area contributed by atoms with Crippen LogP contribution >= 0.6 is 0 Å². The first-order valence-electron chi connectivity index (χ1n) is 4.25. The molecule has 0 saturated heterocycles. The summed E-state index contributed by atoms with van der Waals surface area (Å²) in [6, 6.07) is 6.56. The van der Waals surface area contributed by atoms with Crippen LogP contribution in [-0.2, 0) is 4.79 Å². The monoisotopic (exact) mass is 189 g/mol. The third-order valence-electron chi connectivity index (χ3n) is 1.67. The van der Waals surface area contributed by atoms with Gasteiger partial charge in [0.05, 0.1) is 5.69 Å². The van der Waals surface area contributed by atoms with Gasteiger partial charge in [-0.05, 0) is 12.1 Å². The van der Waals surface area contributed by atoms with Crippen molar-refractivity contribution >= 4 is 11.6 Å². The number of hydrogen-bond donors (Lipinski definition) is 2. The lowest BCUT2D eigenvalue weighted by Crippen LogP contribution is -2.10. The molecule has 1 aromatic rings. The molecule has 2 N–H and O–H groups in total. The first-order valence-corrected chi connectivity index (χ1v) is 4.25. The van der Waals surface area contributed by atoms with Crippen molar-refractivity contribution in [3.05, 3.63) is 24.3 Å². The predicted molar refractivity (Wildman–Crippen MR) is 54.8 cm³/mol. The van der Waals surface area contributed by atoms with E-state index in [1.54, 1.807) is 18.2 Å². The van der Waals surface area contributed by atoms with Crippen LogP contribution in [0.1, 0.15) is 12.8 Å². The van der Waals surface area contributed by atoms with Gasteiger partial charge in [-0.25, -0.2) is 0 Å². The highest BCUT2D eigenvalue weighted by atomic mass is 16.3. The van der Waals surface area contributed by atoms with Crippen molar-refractivity contribution < 1.29 is 9.90 Å².